The van der Waals surface area contributed by atoms with Gasteiger partial charge >= 0.3 is 0 Å². The van der Waals surface area contributed by atoms with Crippen LogP contribution in [0.25, 0.3) is 10.9 Å². The summed E-state index contributed by atoms with van der Waals surface area (Å²) in [6, 6.07) is 15.6. The van der Waals surface area contributed by atoms with Crippen molar-refractivity contribution >= 4 is 22.5 Å². The topological polar surface area (TPSA) is 51.2 Å². The first-order chi connectivity index (χ1) is 12.2. The third-order valence-corrected chi connectivity index (χ3v) is 4.66. The number of rotatable bonds is 4. The van der Waals surface area contributed by atoms with Gasteiger partial charge in [-0.2, -0.15) is 0 Å². The van der Waals surface area contributed by atoms with E-state index < -0.39 is 6.10 Å². The van der Waals surface area contributed by atoms with Crippen LogP contribution in [0.3, 0.4) is 0 Å². The average molecular weight is 332 g/mol. The molecule has 1 aliphatic carbocycles. The van der Waals surface area contributed by atoms with Crippen molar-refractivity contribution in [3.05, 3.63) is 65.9 Å². The predicted molar refractivity (Wildman–Crippen MR) is 98.9 cm³/mol. The van der Waals surface area contributed by atoms with Crippen molar-refractivity contribution in [2.45, 2.75) is 32.3 Å². The second-order valence-corrected chi connectivity index (χ2v) is 6.41. The molecule has 1 amide bonds. The van der Waals surface area contributed by atoms with Gasteiger partial charge < -0.3 is 10.1 Å². The number of benzene rings is 2. The Morgan fingerprint density at radius 3 is 2.92 bits per heavy atom. The van der Waals surface area contributed by atoms with Gasteiger partial charge in [0, 0.05) is 11.6 Å². The third-order valence-electron chi connectivity index (χ3n) is 4.66. The van der Waals surface area contributed by atoms with Gasteiger partial charge in [-0.1, -0.05) is 12.1 Å². The smallest absolute Gasteiger partial charge is 0.265 e. The zero-order valence-corrected chi connectivity index (χ0v) is 14.2. The summed E-state index contributed by atoms with van der Waals surface area (Å²) in [7, 11) is 0. The average Bonchev–Trinajstić information content (AvgIpc) is 3.10. The van der Waals surface area contributed by atoms with Gasteiger partial charge in [0.1, 0.15) is 5.75 Å². The molecule has 0 saturated carbocycles. The molecule has 0 bridgehead atoms. The summed E-state index contributed by atoms with van der Waals surface area (Å²) in [5, 5.41) is 3.87. The summed E-state index contributed by atoms with van der Waals surface area (Å²) in [6.07, 6.45) is 4.60. The molecular formula is C21H20N2O2. The molecule has 1 N–H and O–H groups in total. The number of hydrogen-bond acceptors (Lipinski definition) is 3. The molecule has 126 valence electrons. The standard InChI is InChI=1S/C21H20N2O2/c1-14(25-17-11-10-15-5-2-6-16(15)13-17)21(24)23-20-9-3-8-19-18(20)7-4-12-22-19/h3-4,7-14H,2,5-6H2,1H3,(H,23,24)/t14-/m1/s1. The van der Waals surface area contributed by atoms with Crippen LogP contribution in [-0.2, 0) is 17.6 Å². The Kier molecular flexibility index (Phi) is 4.10. The Morgan fingerprint density at radius 1 is 1.12 bits per heavy atom. The molecule has 0 saturated heterocycles. The van der Waals surface area contributed by atoms with Crippen molar-refractivity contribution in [2.75, 3.05) is 5.32 Å². The van der Waals surface area contributed by atoms with E-state index in [1.807, 2.05) is 36.4 Å². The van der Waals surface area contributed by atoms with E-state index in [1.54, 1.807) is 13.1 Å². The van der Waals surface area contributed by atoms with Crippen LogP contribution in [0.4, 0.5) is 5.69 Å². The van der Waals surface area contributed by atoms with Crippen LogP contribution in [0.15, 0.2) is 54.7 Å². The summed E-state index contributed by atoms with van der Waals surface area (Å²) in [4.78, 5) is 16.9. The van der Waals surface area contributed by atoms with E-state index in [0.717, 1.165) is 35.2 Å². The molecule has 2 aromatic carbocycles. The van der Waals surface area contributed by atoms with Crippen LogP contribution in [-0.4, -0.2) is 17.0 Å². The van der Waals surface area contributed by atoms with Crippen LogP contribution in [0.1, 0.15) is 24.5 Å². The Hall–Kier alpha value is -2.88. The minimum absolute atomic E-state index is 0.170. The number of carbonyl (C=O) groups excluding carboxylic acids is 1. The molecule has 4 nitrogen and oxygen atoms in total. The fraction of sp³-hybridized carbons (Fsp3) is 0.238. The molecular weight excluding hydrogens is 312 g/mol. The lowest BCUT2D eigenvalue weighted by Gasteiger charge is -2.16. The Bertz CT molecular complexity index is 931. The van der Waals surface area contributed by atoms with Gasteiger partial charge in [0.2, 0.25) is 0 Å². The molecule has 1 atom stereocenters. The summed E-state index contributed by atoms with van der Waals surface area (Å²) >= 11 is 0. The molecule has 1 aromatic heterocycles. The minimum atomic E-state index is -0.577. The number of amides is 1. The molecule has 0 aliphatic heterocycles. The zero-order chi connectivity index (χ0) is 17.2. The Labute approximate surface area is 146 Å². The van der Waals surface area contributed by atoms with Gasteiger partial charge in [-0.3, -0.25) is 9.78 Å². The molecule has 0 spiro atoms. The number of carbonyl (C=O) groups is 1. The van der Waals surface area contributed by atoms with Gasteiger partial charge in [0.15, 0.2) is 6.10 Å². The molecule has 0 unspecified atom stereocenters. The van der Waals surface area contributed by atoms with E-state index in [-0.39, 0.29) is 5.91 Å². The Morgan fingerprint density at radius 2 is 2.00 bits per heavy atom. The number of nitrogens with one attached hydrogen (secondary N) is 1. The molecule has 1 aliphatic rings. The number of nitrogens with zero attached hydrogens (tertiary/aromatic N) is 1. The first-order valence-corrected chi connectivity index (χ1v) is 8.64. The number of hydrogen-bond donors (Lipinski definition) is 1. The van der Waals surface area contributed by atoms with Crippen molar-refractivity contribution in [1.82, 2.24) is 4.98 Å². The molecule has 25 heavy (non-hydrogen) atoms. The first-order valence-electron chi connectivity index (χ1n) is 8.64. The van der Waals surface area contributed by atoms with Gasteiger partial charge in [-0.25, -0.2) is 0 Å². The quantitative estimate of drug-likeness (QED) is 0.781. The molecule has 0 radical (unpaired) electrons. The highest BCUT2D eigenvalue weighted by Gasteiger charge is 2.18. The van der Waals surface area contributed by atoms with Crippen molar-refractivity contribution in [3.63, 3.8) is 0 Å². The molecule has 0 fully saturated rings. The number of fused-ring (bicyclic) bond motifs is 2. The highest BCUT2D eigenvalue weighted by Crippen LogP contribution is 2.27. The predicted octanol–water partition coefficient (Wildman–Crippen LogP) is 4.13. The number of anilines is 1. The Balaban J connectivity index is 1.48. The van der Waals surface area contributed by atoms with Gasteiger partial charge in [0.25, 0.3) is 5.91 Å². The van der Waals surface area contributed by atoms with E-state index in [0.29, 0.717) is 0 Å². The minimum Gasteiger partial charge on any atom is -0.481 e. The van der Waals surface area contributed by atoms with Gasteiger partial charge in [-0.05, 0) is 73.7 Å². The summed E-state index contributed by atoms with van der Waals surface area (Å²) < 4.78 is 5.86. The van der Waals surface area contributed by atoms with Crippen molar-refractivity contribution in [1.29, 1.82) is 0 Å². The van der Waals surface area contributed by atoms with Crippen LogP contribution >= 0.6 is 0 Å². The normalized spacial score (nSPS) is 14.1. The van der Waals surface area contributed by atoms with Crippen molar-refractivity contribution in [3.8, 4) is 5.75 Å². The van der Waals surface area contributed by atoms with Crippen molar-refractivity contribution in [2.24, 2.45) is 0 Å². The van der Waals surface area contributed by atoms with Crippen LogP contribution < -0.4 is 10.1 Å². The van der Waals surface area contributed by atoms with E-state index >= 15 is 0 Å². The molecule has 1 heterocycles. The number of ether oxygens (including phenoxy) is 1. The van der Waals surface area contributed by atoms with Gasteiger partial charge in [0.05, 0.1) is 11.2 Å². The highest BCUT2D eigenvalue weighted by molar-refractivity contribution is 6.02. The summed E-state index contributed by atoms with van der Waals surface area (Å²) in [5.41, 5.74) is 4.34. The second kappa shape index (κ2) is 6.55. The van der Waals surface area contributed by atoms with Crippen LogP contribution in [0.5, 0.6) is 5.75 Å². The SMILES string of the molecule is C[C@@H](Oc1ccc2c(c1)CCC2)C(=O)Nc1cccc2ncccc12. The molecule has 4 heteroatoms. The summed E-state index contributed by atoms with van der Waals surface area (Å²) in [6.45, 7) is 1.77. The number of pyridine rings is 1. The van der Waals surface area contributed by atoms with Gasteiger partial charge in [-0.15, -0.1) is 0 Å². The van der Waals surface area contributed by atoms with E-state index in [4.69, 9.17) is 4.74 Å². The lowest BCUT2D eigenvalue weighted by atomic mass is 10.1. The number of aryl methyl sites for hydroxylation is 2. The fourth-order valence-electron chi connectivity index (χ4n) is 3.33. The van der Waals surface area contributed by atoms with E-state index in [2.05, 4.69) is 22.4 Å². The summed E-state index contributed by atoms with van der Waals surface area (Å²) in [5.74, 6) is 0.583. The maximum atomic E-state index is 12.5. The lowest BCUT2D eigenvalue weighted by Crippen LogP contribution is -2.30. The highest BCUT2D eigenvalue weighted by atomic mass is 16.5. The van der Waals surface area contributed by atoms with Crippen molar-refractivity contribution < 1.29 is 9.53 Å². The van der Waals surface area contributed by atoms with E-state index in [1.165, 1.54) is 17.5 Å². The maximum Gasteiger partial charge on any atom is 0.265 e. The second-order valence-electron chi connectivity index (χ2n) is 6.41. The van der Waals surface area contributed by atoms with Crippen LogP contribution in [0.2, 0.25) is 0 Å². The largest absolute Gasteiger partial charge is 0.481 e. The van der Waals surface area contributed by atoms with Crippen LogP contribution in [0, 0.1) is 0 Å². The molecule has 4 rings (SSSR count). The van der Waals surface area contributed by atoms with E-state index in [9.17, 15) is 4.79 Å². The molecule has 3 aromatic rings. The fourth-order valence-corrected chi connectivity index (χ4v) is 3.33. The monoisotopic (exact) mass is 332 g/mol. The third kappa shape index (κ3) is 3.20. The first kappa shape index (κ1) is 15.6. The number of aromatic nitrogens is 1. The zero-order valence-electron chi connectivity index (χ0n) is 14.2. The maximum absolute atomic E-state index is 12.5. The lowest BCUT2D eigenvalue weighted by molar-refractivity contribution is -0.122.